The summed E-state index contributed by atoms with van der Waals surface area (Å²) in [6.45, 7) is 3.61. The molecule has 3 aromatic rings. The van der Waals surface area contributed by atoms with Crippen molar-refractivity contribution < 1.29 is 4.79 Å². The Labute approximate surface area is 163 Å². The van der Waals surface area contributed by atoms with Crippen molar-refractivity contribution in [2.24, 2.45) is 0 Å². The molecule has 136 valence electrons. The van der Waals surface area contributed by atoms with E-state index in [1.807, 2.05) is 25.1 Å². The number of hydrogen-bond acceptors (Lipinski definition) is 4. The Morgan fingerprint density at radius 2 is 1.89 bits per heavy atom. The van der Waals surface area contributed by atoms with Gasteiger partial charge >= 0.3 is 0 Å². The molecule has 0 spiro atoms. The first-order valence-electron chi connectivity index (χ1n) is 8.83. The fourth-order valence-electron chi connectivity index (χ4n) is 3.17. The number of carbonyl (C=O) groups is 1. The van der Waals surface area contributed by atoms with Gasteiger partial charge in [0.2, 0.25) is 0 Å². The van der Waals surface area contributed by atoms with Crippen molar-refractivity contribution in [3.05, 3.63) is 82.0 Å². The number of halogens is 1. The number of rotatable bonds is 3. The van der Waals surface area contributed by atoms with Gasteiger partial charge in [-0.3, -0.25) is 4.79 Å². The Hall–Kier alpha value is -2.92. The molecule has 1 N–H and O–H groups in total. The van der Waals surface area contributed by atoms with E-state index in [1.165, 1.54) is 11.1 Å². The van der Waals surface area contributed by atoms with Gasteiger partial charge in [0, 0.05) is 23.8 Å². The van der Waals surface area contributed by atoms with Crippen molar-refractivity contribution in [2.45, 2.75) is 19.9 Å². The van der Waals surface area contributed by atoms with Crippen LogP contribution in [-0.4, -0.2) is 22.6 Å². The number of aromatic nitrogens is 2. The molecule has 5 nitrogen and oxygen atoms in total. The number of amides is 1. The normalized spacial score (nSPS) is 13.2. The second-order valence-electron chi connectivity index (χ2n) is 6.64. The van der Waals surface area contributed by atoms with Crippen molar-refractivity contribution in [3.63, 3.8) is 0 Å². The maximum atomic E-state index is 12.4. The molecule has 0 bridgehead atoms. The Kier molecular flexibility index (Phi) is 4.77. The predicted octanol–water partition coefficient (Wildman–Crippen LogP) is 4.25. The van der Waals surface area contributed by atoms with E-state index >= 15 is 0 Å². The fraction of sp³-hybridized carbons (Fsp3) is 0.190. The van der Waals surface area contributed by atoms with E-state index in [0.717, 1.165) is 30.9 Å². The number of carbonyl (C=O) groups excluding carboxylic acids is 1. The van der Waals surface area contributed by atoms with E-state index in [-0.39, 0.29) is 11.6 Å². The minimum Gasteiger partial charge on any atom is -0.350 e. The number of nitrogens with one attached hydrogen (secondary N) is 1. The van der Waals surface area contributed by atoms with Crippen molar-refractivity contribution >= 4 is 29.0 Å². The first kappa shape index (κ1) is 17.5. The van der Waals surface area contributed by atoms with Crippen LogP contribution in [0.3, 0.4) is 0 Å². The lowest BCUT2D eigenvalue weighted by molar-refractivity contribution is 0.102. The maximum absolute atomic E-state index is 12.4. The van der Waals surface area contributed by atoms with Crippen LogP contribution in [0.2, 0.25) is 5.02 Å². The lowest BCUT2D eigenvalue weighted by Gasteiger charge is -2.29. The monoisotopic (exact) mass is 378 g/mol. The van der Waals surface area contributed by atoms with Crippen molar-refractivity contribution in [1.82, 2.24) is 10.2 Å². The van der Waals surface area contributed by atoms with E-state index in [9.17, 15) is 4.79 Å². The molecule has 1 aromatic heterocycles. The third-order valence-corrected chi connectivity index (χ3v) is 5.17. The van der Waals surface area contributed by atoms with Gasteiger partial charge < -0.3 is 10.2 Å². The molecule has 1 aliphatic heterocycles. The zero-order valence-corrected chi connectivity index (χ0v) is 15.7. The second-order valence-corrected chi connectivity index (χ2v) is 7.04. The summed E-state index contributed by atoms with van der Waals surface area (Å²) in [7, 11) is 0. The molecule has 1 amide bonds. The van der Waals surface area contributed by atoms with Crippen LogP contribution in [0, 0.1) is 6.92 Å². The van der Waals surface area contributed by atoms with Gasteiger partial charge in [-0.15, -0.1) is 10.2 Å². The number of anilines is 2. The van der Waals surface area contributed by atoms with Crippen LogP contribution in [0.25, 0.3) is 0 Å². The van der Waals surface area contributed by atoms with E-state index in [0.29, 0.717) is 10.7 Å². The molecule has 0 fully saturated rings. The maximum Gasteiger partial charge on any atom is 0.276 e. The van der Waals surface area contributed by atoms with Gasteiger partial charge in [0.15, 0.2) is 11.5 Å². The average molecular weight is 379 g/mol. The molecule has 0 radical (unpaired) electrons. The van der Waals surface area contributed by atoms with Gasteiger partial charge in [-0.05, 0) is 54.3 Å². The Morgan fingerprint density at radius 1 is 1.07 bits per heavy atom. The molecule has 27 heavy (non-hydrogen) atoms. The van der Waals surface area contributed by atoms with Gasteiger partial charge in [0.25, 0.3) is 5.91 Å². The highest BCUT2D eigenvalue weighted by atomic mass is 35.5. The summed E-state index contributed by atoms with van der Waals surface area (Å²) in [6, 6.07) is 17.4. The van der Waals surface area contributed by atoms with E-state index < -0.39 is 0 Å². The van der Waals surface area contributed by atoms with Crippen LogP contribution < -0.4 is 10.2 Å². The van der Waals surface area contributed by atoms with Crippen LogP contribution in [-0.2, 0) is 13.0 Å². The van der Waals surface area contributed by atoms with Gasteiger partial charge in [0.05, 0.1) is 0 Å². The molecule has 1 aliphatic rings. The summed E-state index contributed by atoms with van der Waals surface area (Å²) in [6.07, 6.45) is 0.980. The molecule has 0 saturated carbocycles. The van der Waals surface area contributed by atoms with E-state index in [1.54, 1.807) is 12.1 Å². The number of nitrogens with zero attached hydrogens (tertiary/aromatic N) is 3. The molecule has 2 aromatic carbocycles. The minimum absolute atomic E-state index is 0.271. The molecule has 0 unspecified atom stereocenters. The van der Waals surface area contributed by atoms with Crippen LogP contribution in [0.1, 0.15) is 27.2 Å². The Bertz CT molecular complexity index is 988. The largest absolute Gasteiger partial charge is 0.350 e. The SMILES string of the molecule is Cc1ccc(NC(=O)c2ccc(N3CCc4ccccc4C3)nn2)cc1Cl. The number of hydrogen-bond donors (Lipinski definition) is 1. The number of fused-ring (bicyclic) bond motifs is 1. The smallest absolute Gasteiger partial charge is 0.276 e. The van der Waals surface area contributed by atoms with Gasteiger partial charge in [-0.2, -0.15) is 0 Å². The second kappa shape index (κ2) is 7.37. The Morgan fingerprint density at radius 3 is 2.63 bits per heavy atom. The van der Waals surface area contributed by atoms with Crippen LogP contribution >= 0.6 is 11.6 Å². The van der Waals surface area contributed by atoms with Gasteiger partial charge in [-0.1, -0.05) is 41.9 Å². The lowest BCUT2D eigenvalue weighted by atomic mass is 10.00. The fourth-order valence-corrected chi connectivity index (χ4v) is 3.35. The molecule has 6 heteroatoms. The van der Waals surface area contributed by atoms with Gasteiger partial charge in [-0.25, -0.2) is 0 Å². The van der Waals surface area contributed by atoms with Crippen molar-refractivity contribution in [2.75, 3.05) is 16.8 Å². The molecule has 0 aliphatic carbocycles. The summed E-state index contributed by atoms with van der Waals surface area (Å²) in [5.41, 5.74) is 4.56. The lowest BCUT2D eigenvalue weighted by Crippen LogP contribution is -2.31. The summed E-state index contributed by atoms with van der Waals surface area (Å²) in [5.74, 6) is 0.470. The molecule has 2 heterocycles. The molecular weight excluding hydrogens is 360 g/mol. The first-order chi connectivity index (χ1) is 13.1. The van der Waals surface area contributed by atoms with E-state index in [4.69, 9.17) is 11.6 Å². The molecule has 0 atom stereocenters. The van der Waals surface area contributed by atoms with Crippen molar-refractivity contribution in [3.8, 4) is 0 Å². The summed E-state index contributed by atoms with van der Waals surface area (Å²) >= 11 is 6.10. The third-order valence-electron chi connectivity index (χ3n) is 4.77. The summed E-state index contributed by atoms with van der Waals surface area (Å²) in [4.78, 5) is 14.6. The minimum atomic E-state index is -0.307. The number of benzene rings is 2. The first-order valence-corrected chi connectivity index (χ1v) is 9.21. The number of aryl methyl sites for hydroxylation is 1. The van der Waals surface area contributed by atoms with Crippen LogP contribution in [0.4, 0.5) is 11.5 Å². The van der Waals surface area contributed by atoms with Crippen LogP contribution in [0.5, 0.6) is 0 Å². The van der Waals surface area contributed by atoms with Gasteiger partial charge in [0.1, 0.15) is 0 Å². The quantitative estimate of drug-likeness (QED) is 0.740. The molecule has 0 saturated heterocycles. The van der Waals surface area contributed by atoms with Crippen LogP contribution in [0.15, 0.2) is 54.6 Å². The molecular formula is C21H19ClN4O. The topological polar surface area (TPSA) is 58.1 Å². The Balaban J connectivity index is 1.46. The standard InChI is InChI=1S/C21H19ClN4O/c1-14-6-7-17(12-18(14)22)23-21(27)19-8-9-20(25-24-19)26-11-10-15-4-2-3-5-16(15)13-26/h2-9,12H,10-11,13H2,1H3,(H,23,27). The van der Waals surface area contributed by atoms with Crippen molar-refractivity contribution in [1.29, 1.82) is 0 Å². The molecule has 4 rings (SSSR count). The highest BCUT2D eigenvalue weighted by Crippen LogP contribution is 2.23. The van der Waals surface area contributed by atoms with E-state index in [2.05, 4.69) is 44.7 Å². The summed E-state index contributed by atoms with van der Waals surface area (Å²) < 4.78 is 0. The highest BCUT2D eigenvalue weighted by molar-refractivity contribution is 6.31. The zero-order chi connectivity index (χ0) is 18.8. The third kappa shape index (κ3) is 3.78. The summed E-state index contributed by atoms with van der Waals surface area (Å²) in [5, 5.41) is 11.8. The predicted molar refractivity (Wildman–Crippen MR) is 107 cm³/mol. The highest BCUT2D eigenvalue weighted by Gasteiger charge is 2.18. The zero-order valence-electron chi connectivity index (χ0n) is 14.9. The average Bonchev–Trinajstić information content (AvgIpc) is 2.70.